The molecule has 1 aliphatic carbocycles. The smallest absolute Gasteiger partial charge is 0.331 e. The van der Waals surface area contributed by atoms with Gasteiger partial charge in [0.2, 0.25) is 0 Å². The van der Waals surface area contributed by atoms with Crippen LogP contribution in [0.1, 0.15) is 45.6 Å². The normalized spacial score (nSPS) is 24.7. The Labute approximate surface area is 148 Å². The third-order valence-electron chi connectivity index (χ3n) is 4.96. The molecule has 1 aromatic carbocycles. The van der Waals surface area contributed by atoms with Crippen LogP contribution in [0.5, 0.6) is 0 Å². The first-order valence-corrected chi connectivity index (χ1v) is 8.81. The SMILES string of the molecule is C[C@@H]1[C@H](C)CCC[C@H]1NC(=O)[C@@H](C)OC(=O)/C=C/c1cccc(F)c1. The lowest BCUT2D eigenvalue weighted by atomic mass is 9.78. The van der Waals surface area contributed by atoms with Crippen molar-refractivity contribution in [1.29, 1.82) is 0 Å². The Hall–Kier alpha value is -2.17. The predicted octanol–water partition coefficient (Wildman–Crippen LogP) is 3.71. The van der Waals surface area contributed by atoms with Gasteiger partial charge in [0.1, 0.15) is 5.82 Å². The molecule has 1 fully saturated rings. The van der Waals surface area contributed by atoms with Gasteiger partial charge < -0.3 is 10.1 Å². The van der Waals surface area contributed by atoms with Crippen molar-refractivity contribution in [3.63, 3.8) is 0 Å². The van der Waals surface area contributed by atoms with Gasteiger partial charge in [-0.1, -0.05) is 38.8 Å². The van der Waals surface area contributed by atoms with Gasteiger partial charge in [0, 0.05) is 12.1 Å². The molecule has 0 spiro atoms. The van der Waals surface area contributed by atoms with Crippen LogP contribution >= 0.6 is 0 Å². The molecular weight excluding hydrogens is 321 g/mol. The summed E-state index contributed by atoms with van der Waals surface area (Å²) in [6.07, 6.45) is 5.03. The number of halogens is 1. The molecule has 0 aromatic heterocycles. The minimum absolute atomic E-state index is 0.125. The molecule has 5 heteroatoms. The summed E-state index contributed by atoms with van der Waals surface area (Å²) in [5, 5.41) is 3.00. The van der Waals surface area contributed by atoms with Crippen LogP contribution in [-0.2, 0) is 14.3 Å². The summed E-state index contributed by atoms with van der Waals surface area (Å²) in [5.41, 5.74) is 0.555. The van der Waals surface area contributed by atoms with E-state index < -0.39 is 12.1 Å². The molecule has 0 radical (unpaired) electrons. The predicted molar refractivity (Wildman–Crippen MR) is 95.1 cm³/mol. The topological polar surface area (TPSA) is 55.4 Å². The third-order valence-corrected chi connectivity index (χ3v) is 4.96. The van der Waals surface area contributed by atoms with Crippen LogP contribution in [0.3, 0.4) is 0 Å². The van der Waals surface area contributed by atoms with Gasteiger partial charge in [-0.25, -0.2) is 9.18 Å². The number of ether oxygens (including phenoxy) is 1. The molecule has 0 heterocycles. The molecule has 25 heavy (non-hydrogen) atoms. The maximum atomic E-state index is 13.1. The highest BCUT2D eigenvalue weighted by atomic mass is 19.1. The van der Waals surface area contributed by atoms with Crippen LogP contribution in [0.15, 0.2) is 30.3 Å². The van der Waals surface area contributed by atoms with Gasteiger partial charge in [0.05, 0.1) is 0 Å². The van der Waals surface area contributed by atoms with Crippen molar-refractivity contribution in [3.8, 4) is 0 Å². The highest BCUT2D eigenvalue weighted by Gasteiger charge is 2.29. The number of benzene rings is 1. The zero-order valence-corrected chi connectivity index (χ0v) is 15.0. The van der Waals surface area contributed by atoms with E-state index in [0.29, 0.717) is 17.4 Å². The first-order chi connectivity index (χ1) is 11.9. The molecule has 1 N–H and O–H groups in total. The number of hydrogen-bond donors (Lipinski definition) is 1. The molecule has 4 nitrogen and oxygen atoms in total. The van der Waals surface area contributed by atoms with Gasteiger partial charge in [0.15, 0.2) is 6.10 Å². The fourth-order valence-electron chi connectivity index (χ4n) is 3.13. The molecule has 0 saturated heterocycles. The highest BCUT2D eigenvalue weighted by molar-refractivity contribution is 5.90. The van der Waals surface area contributed by atoms with E-state index in [1.807, 2.05) is 0 Å². The fraction of sp³-hybridized carbons (Fsp3) is 0.500. The summed E-state index contributed by atoms with van der Waals surface area (Å²) in [6, 6.07) is 6.00. The number of rotatable bonds is 5. The molecule has 1 aromatic rings. The Kier molecular flexibility index (Phi) is 6.73. The minimum atomic E-state index is -0.867. The van der Waals surface area contributed by atoms with E-state index in [2.05, 4.69) is 19.2 Å². The van der Waals surface area contributed by atoms with Crippen LogP contribution in [0.4, 0.5) is 4.39 Å². The van der Waals surface area contributed by atoms with Crippen molar-refractivity contribution in [2.75, 3.05) is 0 Å². The first kappa shape index (κ1) is 19.2. The Bertz CT molecular complexity index is 644. The van der Waals surface area contributed by atoms with E-state index in [4.69, 9.17) is 4.74 Å². The number of amides is 1. The van der Waals surface area contributed by atoms with E-state index in [-0.39, 0.29) is 17.8 Å². The summed E-state index contributed by atoms with van der Waals surface area (Å²) in [7, 11) is 0. The van der Waals surface area contributed by atoms with E-state index in [1.165, 1.54) is 30.7 Å². The Morgan fingerprint density at radius 1 is 1.32 bits per heavy atom. The number of hydrogen-bond acceptors (Lipinski definition) is 3. The van der Waals surface area contributed by atoms with Crippen molar-refractivity contribution in [2.45, 2.75) is 52.2 Å². The van der Waals surface area contributed by atoms with E-state index in [9.17, 15) is 14.0 Å². The lowest BCUT2D eigenvalue weighted by Crippen LogP contribution is -2.47. The van der Waals surface area contributed by atoms with Crippen LogP contribution in [0.25, 0.3) is 6.08 Å². The lowest BCUT2D eigenvalue weighted by molar-refractivity contribution is -0.150. The van der Waals surface area contributed by atoms with E-state index in [0.717, 1.165) is 12.8 Å². The molecule has 0 bridgehead atoms. The van der Waals surface area contributed by atoms with Gasteiger partial charge in [-0.3, -0.25) is 4.79 Å². The zero-order chi connectivity index (χ0) is 18.4. The first-order valence-electron chi connectivity index (χ1n) is 8.81. The highest BCUT2D eigenvalue weighted by Crippen LogP contribution is 2.29. The molecular formula is C20H26FNO3. The zero-order valence-electron chi connectivity index (χ0n) is 15.0. The maximum absolute atomic E-state index is 13.1. The molecule has 1 aliphatic rings. The van der Waals surface area contributed by atoms with Crippen molar-refractivity contribution >= 4 is 18.0 Å². The Morgan fingerprint density at radius 3 is 2.80 bits per heavy atom. The number of carbonyl (C=O) groups excluding carboxylic acids is 2. The second-order valence-corrected chi connectivity index (χ2v) is 6.85. The van der Waals surface area contributed by atoms with Gasteiger partial charge >= 0.3 is 5.97 Å². The Morgan fingerprint density at radius 2 is 2.08 bits per heavy atom. The molecule has 2 rings (SSSR count). The van der Waals surface area contributed by atoms with Gasteiger partial charge in [0.25, 0.3) is 5.91 Å². The number of carbonyl (C=O) groups is 2. The van der Waals surface area contributed by atoms with Crippen LogP contribution < -0.4 is 5.32 Å². The summed E-state index contributed by atoms with van der Waals surface area (Å²) in [4.78, 5) is 24.1. The average Bonchev–Trinajstić information content (AvgIpc) is 2.57. The van der Waals surface area contributed by atoms with Crippen molar-refractivity contribution in [1.82, 2.24) is 5.32 Å². The van der Waals surface area contributed by atoms with E-state index >= 15 is 0 Å². The molecule has 1 saturated carbocycles. The molecule has 0 aliphatic heterocycles. The molecule has 0 unspecified atom stereocenters. The molecule has 1 amide bonds. The van der Waals surface area contributed by atoms with Crippen LogP contribution in [0.2, 0.25) is 0 Å². The fourth-order valence-corrected chi connectivity index (χ4v) is 3.13. The summed E-state index contributed by atoms with van der Waals surface area (Å²) < 4.78 is 18.2. The Balaban J connectivity index is 1.84. The van der Waals surface area contributed by atoms with Crippen LogP contribution in [0, 0.1) is 17.7 Å². The largest absolute Gasteiger partial charge is 0.449 e. The lowest BCUT2D eigenvalue weighted by Gasteiger charge is -2.35. The monoisotopic (exact) mass is 347 g/mol. The van der Waals surface area contributed by atoms with Gasteiger partial charge in [-0.05, 0) is 49.0 Å². The standard InChI is InChI=1S/C20H26FNO3/c1-13-6-4-9-18(14(13)2)22-20(24)15(3)25-19(23)11-10-16-7-5-8-17(21)12-16/h5,7-8,10-15,18H,4,6,9H2,1-3H3,(H,22,24)/b11-10+/t13-,14-,15-,18-/m1/s1. The minimum Gasteiger partial charge on any atom is -0.449 e. The third kappa shape index (κ3) is 5.69. The number of nitrogens with one attached hydrogen (secondary N) is 1. The molecule has 136 valence electrons. The maximum Gasteiger partial charge on any atom is 0.331 e. The second kappa shape index (κ2) is 8.79. The van der Waals surface area contributed by atoms with E-state index in [1.54, 1.807) is 19.1 Å². The number of esters is 1. The molecule has 4 atom stereocenters. The van der Waals surface area contributed by atoms with Gasteiger partial charge in [-0.15, -0.1) is 0 Å². The van der Waals surface area contributed by atoms with Crippen molar-refractivity contribution < 1.29 is 18.7 Å². The van der Waals surface area contributed by atoms with Gasteiger partial charge in [-0.2, -0.15) is 0 Å². The summed E-state index contributed by atoms with van der Waals surface area (Å²) in [6.45, 7) is 5.90. The van der Waals surface area contributed by atoms with Crippen molar-refractivity contribution in [3.05, 3.63) is 41.7 Å². The van der Waals surface area contributed by atoms with Crippen LogP contribution in [-0.4, -0.2) is 24.0 Å². The second-order valence-electron chi connectivity index (χ2n) is 6.85. The quantitative estimate of drug-likeness (QED) is 0.652. The summed E-state index contributed by atoms with van der Waals surface area (Å²) in [5.74, 6) is -0.297. The average molecular weight is 347 g/mol. The summed E-state index contributed by atoms with van der Waals surface area (Å²) >= 11 is 0. The van der Waals surface area contributed by atoms with Crippen molar-refractivity contribution in [2.24, 2.45) is 11.8 Å².